The van der Waals surface area contributed by atoms with Gasteiger partial charge in [0.1, 0.15) is 17.7 Å². The third-order valence-corrected chi connectivity index (χ3v) is 5.41. The minimum absolute atomic E-state index is 0.0118. The van der Waals surface area contributed by atoms with Crippen LogP contribution < -0.4 is 4.90 Å². The van der Waals surface area contributed by atoms with Gasteiger partial charge in [0.15, 0.2) is 5.76 Å². The van der Waals surface area contributed by atoms with Crippen LogP contribution in [0.4, 0.5) is 5.69 Å². The summed E-state index contributed by atoms with van der Waals surface area (Å²) in [5, 5.41) is 46.9. The highest BCUT2D eigenvalue weighted by atomic mass is 16.4. The summed E-state index contributed by atoms with van der Waals surface area (Å²) in [4.78, 5) is 36.3. The first-order valence-electron chi connectivity index (χ1n) is 9.16. The molecule has 9 heteroatoms. The summed E-state index contributed by atoms with van der Waals surface area (Å²) in [5.41, 5.74) is 0.324. The smallest absolute Gasteiger partial charge is 0.335 e. The fourth-order valence-electron chi connectivity index (χ4n) is 3.80. The van der Waals surface area contributed by atoms with Crippen LogP contribution in [0.2, 0.25) is 0 Å². The Kier molecular flexibility index (Phi) is 5.14. The number of rotatable bonds is 5. The van der Waals surface area contributed by atoms with Crippen molar-refractivity contribution in [2.45, 2.75) is 25.7 Å². The average molecular weight is 419 g/mol. The van der Waals surface area contributed by atoms with Gasteiger partial charge in [0.25, 0.3) is 0 Å². The molecule has 1 aliphatic heterocycles. The van der Waals surface area contributed by atoms with Crippen molar-refractivity contribution >= 4 is 23.4 Å². The highest BCUT2D eigenvalue weighted by molar-refractivity contribution is 6.20. The van der Waals surface area contributed by atoms with Crippen molar-refractivity contribution in [2.75, 3.05) is 11.4 Å². The van der Waals surface area contributed by atoms with Crippen molar-refractivity contribution in [2.24, 2.45) is 0 Å². The van der Waals surface area contributed by atoms with E-state index >= 15 is 0 Å². The van der Waals surface area contributed by atoms with Crippen molar-refractivity contribution in [3.63, 3.8) is 0 Å². The van der Waals surface area contributed by atoms with Crippen LogP contribution in [0.3, 0.4) is 0 Å². The summed E-state index contributed by atoms with van der Waals surface area (Å²) in [6.07, 6.45) is 1.23. The number of anilines is 1. The van der Waals surface area contributed by atoms with Gasteiger partial charge in [-0.15, -0.1) is 0 Å². The van der Waals surface area contributed by atoms with Gasteiger partial charge in [-0.05, 0) is 29.8 Å². The lowest BCUT2D eigenvalue weighted by Gasteiger charge is -2.29. The van der Waals surface area contributed by atoms with Crippen molar-refractivity contribution in [1.82, 2.24) is 0 Å². The summed E-state index contributed by atoms with van der Waals surface area (Å²) >= 11 is 0. The van der Waals surface area contributed by atoms with E-state index in [1.165, 1.54) is 18.2 Å². The lowest BCUT2D eigenvalue weighted by atomic mass is 9.79. The van der Waals surface area contributed by atoms with Gasteiger partial charge in [-0.25, -0.2) is 4.79 Å². The number of benzene rings is 1. The number of ketones is 1. The number of nitriles is 2. The molecule has 0 saturated heterocycles. The van der Waals surface area contributed by atoms with Crippen LogP contribution in [0.25, 0.3) is 0 Å². The molecule has 1 aromatic rings. The maximum absolute atomic E-state index is 12.0. The Morgan fingerprint density at radius 2 is 1.84 bits per heavy atom. The molecule has 9 nitrogen and oxygen atoms in total. The molecule has 0 unspecified atom stereocenters. The van der Waals surface area contributed by atoms with Gasteiger partial charge in [-0.1, -0.05) is 13.8 Å². The molecule has 0 spiro atoms. The molecule has 3 rings (SSSR count). The fraction of sp³-hybridized carbons (Fsp3) is 0.227. The standard InChI is InChI=1S/C22H17N3O6/c1-22(2)14-7-11(21(30)31)3-4-15(14)25(6-5-17(26)27)16(22)8-13-18(12(9-23)10-24)20(29)19(13)28/h3-4,7-8,28H,5-6H2,1-2H3,(H,26,27)(H,30,31)/b16-8-. The van der Waals surface area contributed by atoms with E-state index in [-0.39, 0.29) is 29.7 Å². The molecule has 0 atom stereocenters. The number of Topliss-reactive ketones (excluding diaryl/α,β-unsaturated/α-hetero) is 1. The molecule has 0 radical (unpaired) electrons. The number of aliphatic carboxylic acids is 1. The van der Waals surface area contributed by atoms with Gasteiger partial charge in [-0.3, -0.25) is 9.59 Å². The number of carboxylic acids is 2. The number of fused-ring (bicyclic) bond motifs is 1. The second kappa shape index (κ2) is 7.47. The number of carboxylic acid groups (broad SMARTS) is 2. The molecule has 0 saturated carbocycles. The third kappa shape index (κ3) is 3.32. The first-order valence-corrected chi connectivity index (χ1v) is 9.16. The molecule has 156 valence electrons. The maximum atomic E-state index is 12.0. The van der Waals surface area contributed by atoms with Gasteiger partial charge >= 0.3 is 11.9 Å². The number of aromatic carboxylic acids is 1. The number of allylic oxidation sites excluding steroid dienone is 5. The maximum Gasteiger partial charge on any atom is 0.335 e. The lowest BCUT2D eigenvalue weighted by Crippen LogP contribution is -2.30. The summed E-state index contributed by atoms with van der Waals surface area (Å²) < 4.78 is 0. The topological polar surface area (TPSA) is 163 Å². The average Bonchev–Trinajstić information content (AvgIpc) is 2.94. The van der Waals surface area contributed by atoms with E-state index in [4.69, 9.17) is 15.6 Å². The van der Waals surface area contributed by atoms with Crippen molar-refractivity contribution in [3.05, 3.63) is 63.6 Å². The van der Waals surface area contributed by atoms with Gasteiger partial charge in [-0.2, -0.15) is 10.5 Å². The Bertz CT molecular complexity index is 1200. The van der Waals surface area contributed by atoms with Crippen LogP contribution in [0.15, 0.2) is 52.5 Å². The molecule has 1 aromatic carbocycles. The molecule has 2 aliphatic rings. The second-order valence-electron chi connectivity index (χ2n) is 7.55. The number of aliphatic hydroxyl groups excluding tert-OH is 1. The molecule has 1 aliphatic carbocycles. The Morgan fingerprint density at radius 3 is 2.39 bits per heavy atom. The predicted octanol–water partition coefficient (Wildman–Crippen LogP) is 2.58. The quantitative estimate of drug-likeness (QED) is 0.481. The van der Waals surface area contributed by atoms with Crippen LogP contribution in [-0.2, 0) is 15.0 Å². The molecular formula is C22H17N3O6. The summed E-state index contributed by atoms with van der Waals surface area (Å²) in [5.74, 6) is -3.56. The number of carbonyl (C=O) groups excluding carboxylic acids is 1. The van der Waals surface area contributed by atoms with Gasteiger partial charge in [0.05, 0.1) is 17.6 Å². The first kappa shape index (κ1) is 21.3. The summed E-state index contributed by atoms with van der Waals surface area (Å²) in [6, 6.07) is 7.76. The van der Waals surface area contributed by atoms with E-state index in [1.807, 2.05) is 0 Å². The minimum Gasteiger partial charge on any atom is -0.504 e. The second-order valence-corrected chi connectivity index (χ2v) is 7.55. The lowest BCUT2D eigenvalue weighted by molar-refractivity contribution is -0.136. The predicted molar refractivity (Wildman–Crippen MR) is 107 cm³/mol. The Labute approximate surface area is 177 Å². The molecule has 1 heterocycles. The molecule has 0 fully saturated rings. The molecule has 0 aromatic heterocycles. The number of hydrogen-bond donors (Lipinski definition) is 3. The largest absolute Gasteiger partial charge is 0.504 e. The van der Waals surface area contributed by atoms with E-state index in [9.17, 15) is 24.6 Å². The Morgan fingerprint density at radius 1 is 1.19 bits per heavy atom. The van der Waals surface area contributed by atoms with Gasteiger partial charge in [0, 0.05) is 28.9 Å². The SMILES string of the molecule is CC1(C)/C(=C/C2=C(O)C(=O)C2=C(C#N)C#N)N(CCC(=O)O)c2ccc(C(=O)O)cc21. The third-order valence-electron chi connectivity index (χ3n) is 5.41. The zero-order chi connectivity index (χ0) is 23.1. The molecular weight excluding hydrogens is 402 g/mol. The highest BCUT2D eigenvalue weighted by Gasteiger charge is 2.43. The van der Waals surface area contributed by atoms with Crippen LogP contribution in [0.1, 0.15) is 36.2 Å². The van der Waals surface area contributed by atoms with Crippen LogP contribution in [0.5, 0.6) is 0 Å². The minimum atomic E-state index is -1.11. The summed E-state index contributed by atoms with van der Waals surface area (Å²) in [6.45, 7) is 3.64. The van der Waals surface area contributed by atoms with Crippen LogP contribution >= 0.6 is 0 Å². The first-order chi connectivity index (χ1) is 14.5. The number of carbonyl (C=O) groups is 3. The number of hydrogen-bond acceptors (Lipinski definition) is 7. The van der Waals surface area contributed by atoms with E-state index in [0.29, 0.717) is 16.9 Å². The molecule has 0 bridgehead atoms. The highest BCUT2D eigenvalue weighted by Crippen LogP contribution is 2.49. The van der Waals surface area contributed by atoms with Crippen molar-refractivity contribution < 1.29 is 29.7 Å². The molecule has 31 heavy (non-hydrogen) atoms. The Balaban J connectivity index is 2.22. The Hall–Kier alpha value is -4.37. The fourth-order valence-corrected chi connectivity index (χ4v) is 3.80. The van der Waals surface area contributed by atoms with E-state index in [1.54, 1.807) is 37.0 Å². The van der Waals surface area contributed by atoms with Crippen LogP contribution in [-0.4, -0.2) is 39.6 Å². The number of nitrogens with zero attached hydrogens (tertiary/aromatic N) is 3. The van der Waals surface area contributed by atoms with Crippen molar-refractivity contribution in [3.8, 4) is 12.1 Å². The van der Waals surface area contributed by atoms with E-state index < -0.39 is 34.5 Å². The van der Waals surface area contributed by atoms with Crippen molar-refractivity contribution in [1.29, 1.82) is 10.5 Å². The zero-order valence-corrected chi connectivity index (χ0v) is 16.6. The van der Waals surface area contributed by atoms with Gasteiger partial charge in [0.2, 0.25) is 5.78 Å². The zero-order valence-electron chi connectivity index (χ0n) is 16.6. The van der Waals surface area contributed by atoms with E-state index in [0.717, 1.165) is 0 Å². The normalized spacial score (nSPS) is 17.7. The number of aliphatic hydroxyl groups is 1. The van der Waals surface area contributed by atoms with E-state index in [2.05, 4.69) is 0 Å². The molecule has 0 amide bonds. The van der Waals surface area contributed by atoms with Crippen LogP contribution in [0, 0.1) is 22.7 Å². The molecule has 3 N–H and O–H groups in total. The monoisotopic (exact) mass is 419 g/mol. The van der Waals surface area contributed by atoms with Gasteiger partial charge < -0.3 is 20.2 Å². The summed E-state index contributed by atoms with van der Waals surface area (Å²) in [7, 11) is 0.